The van der Waals surface area contributed by atoms with Crippen LogP contribution in [0.1, 0.15) is 46.5 Å². The quantitative estimate of drug-likeness (QED) is 0.690. The Bertz CT molecular complexity index is 304. The SMILES string of the molecule is C=C1CC[C@H](C(C)C)[C@@H]2[C@@H]1CC[C@@](C)(O)[C@H]2O. The second-order valence-corrected chi connectivity index (χ2v) is 6.63. The van der Waals surface area contributed by atoms with Crippen molar-refractivity contribution in [1.29, 1.82) is 0 Å². The summed E-state index contributed by atoms with van der Waals surface area (Å²) in [6.45, 7) is 10.4. The fraction of sp³-hybridized carbons (Fsp3) is 0.867. The van der Waals surface area contributed by atoms with Gasteiger partial charge in [0.05, 0.1) is 11.7 Å². The van der Waals surface area contributed by atoms with Gasteiger partial charge in [-0.3, -0.25) is 0 Å². The highest BCUT2D eigenvalue weighted by Gasteiger charge is 2.50. The predicted molar refractivity (Wildman–Crippen MR) is 69.5 cm³/mol. The van der Waals surface area contributed by atoms with Crippen molar-refractivity contribution in [3.05, 3.63) is 12.2 Å². The van der Waals surface area contributed by atoms with Crippen LogP contribution >= 0.6 is 0 Å². The third-order valence-electron chi connectivity index (χ3n) is 5.10. The van der Waals surface area contributed by atoms with E-state index in [9.17, 15) is 10.2 Å². The van der Waals surface area contributed by atoms with Crippen LogP contribution in [-0.2, 0) is 0 Å². The Kier molecular flexibility index (Phi) is 3.39. The number of rotatable bonds is 1. The van der Waals surface area contributed by atoms with Crippen LogP contribution in [0.15, 0.2) is 12.2 Å². The molecule has 2 nitrogen and oxygen atoms in total. The molecule has 0 aliphatic heterocycles. The summed E-state index contributed by atoms with van der Waals surface area (Å²) in [7, 11) is 0. The van der Waals surface area contributed by atoms with E-state index in [0.29, 0.717) is 24.2 Å². The molecule has 0 aromatic rings. The highest BCUT2D eigenvalue weighted by Crippen LogP contribution is 2.50. The van der Waals surface area contributed by atoms with Gasteiger partial charge < -0.3 is 10.2 Å². The number of aliphatic hydroxyl groups excluding tert-OH is 1. The third-order valence-corrected chi connectivity index (χ3v) is 5.10. The lowest BCUT2D eigenvalue weighted by Gasteiger charge is -2.51. The summed E-state index contributed by atoms with van der Waals surface area (Å²) >= 11 is 0. The number of fused-ring (bicyclic) bond motifs is 1. The molecule has 17 heavy (non-hydrogen) atoms. The first-order chi connectivity index (χ1) is 7.84. The van der Waals surface area contributed by atoms with Crippen molar-refractivity contribution in [3.63, 3.8) is 0 Å². The van der Waals surface area contributed by atoms with E-state index in [-0.39, 0.29) is 5.92 Å². The molecular formula is C15H26O2. The van der Waals surface area contributed by atoms with Crippen LogP contribution in [0.4, 0.5) is 0 Å². The van der Waals surface area contributed by atoms with Crippen LogP contribution in [0.2, 0.25) is 0 Å². The summed E-state index contributed by atoms with van der Waals surface area (Å²) in [5.74, 6) is 1.72. The normalized spacial score (nSPS) is 47.1. The van der Waals surface area contributed by atoms with Crippen LogP contribution in [0.5, 0.6) is 0 Å². The lowest BCUT2D eigenvalue weighted by Crippen LogP contribution is -2.55. The van der Waals surface area contributed by atoms with Crippen molar-refractivity contribution in [3.8, 4) is 0 Å². The maximum atomic E-state index is 10.5. The molecule has 5 atom stereocenters. The molecule has 2 fully saturated rings. The molecule has 2 aliphatic rings. The van der Waals surface area contributed by atoms with Crippen molar-refractivity contribution in [2.75, 3.05) is 0 Å². The summed E-state index contributed by atoms with van der Waals surface area (Å²) in [6.07, 6.45) is 3.30. The molecule has 0 radical (unpaired) electrons. The first kappa shape index (κ1) is 13.1. The van der Waals surface area contributed by atoms with Crippen LogP contribution < -0.4 is 0 Å². The minimum atomic E-state index is -0.911. The van der Waals surface area contributed by atoms with Gasteiger partial charge in [-0.2, -0.15) is 0 Å². The Labute approximate surface area is 105 Å². The third kappa shape index (κ3) is 2.17. The summed E-state index contributed by atoms with van der Waals surface area (Å²) < 4.78 is 0. The molecule has 0 unspecified atom stereocenters. The highest BCUT2D eigenvalue weighted by atomic mass is 16.3. The average Bonchev–Trinajstić information content (AvgIpc) is 2.24. The molecule has 2 rings (SSSR count). The molecule has 0 bridgehead atoms. The maximum Gasteiger partial charge on any atom is 0.0880 e. The van der Waals surface area contributed by atoms with Crippen LogP contribution in [0, 0.1) is 23.7 Å². The first-order valence-corrected chi connectivity index (χ1v) is 6.92. The molecule has 0 spiro atoms. The zero-order chi connectivity index (χ0) is 12.8. The smallest absolute Gasteiger partial charge is 0.0880 e. The summed E-state index contributed by atoms with van der Waals surface area (Å²) in [5, 5.41) is 20.8. The van der Waals surface area contributed by atoms with E-state index in [1.807, 2.05) is 0 Å². The molecule has 2 N–H and O–H groups in total. The van der Waals surface area contributed by atoms with E-state index in [4.69, 9.17) is 0 Å². The van der Waals surface area contributed by atoms with Gasteiger partial charge in [-0.05, 0) is 56.3 Å². The molecule has 98 valence electrons. The second kappa shape index (κ2) is 4.40. The van der Waals surface area contributed by atoms with Gasteiger partial charge in [0, 0.05) is 0 Å². The van der Waals surface area contributed by atoms with Gasteiger partial charge >= 0.3 is 0 Å². The van der Waals surface area contributed by atoms with E-state index in [1.165, 1.54) is 5.57 Å². The highest BCUT2D eigenvalue weighted by molar-refractivity contribution is 5.14. The standard InChI is InChI=1S/C15H26O2/c1-9(2)11-6-5-10(3)12-7-8-15(4,17)14(16)13(11)12/h9,11-14,16-17H,3,5-8H2,1-2,4H3/t11-,12-,13-,14+,15-/m1/s1. The number of aliphatic hydroxyl groups is 2. The fourth-order valence-corrected chi connectivity index (χ4v) is 3.94. The molecule has 0 aromatic heterocycles. The van der Waals surface area contributed by atoms with Crippen LogP contribution in [0.3, 0.4) is 0 Å². The zero-order valence-corrected chi connectivity index (χ0v) is 11.3. The molecular weight excluding hydrogens is 212 g/mol. The van der Waals surface area contributed by atoms with Gasteiger partial charge in [-0.25, -0.2) is 0 Å². The lowest BCUT2D eigenvalue weighted by molar-refractivity contribution is -0.149. The minimum Gasteiger partial charge on any atom is -0.390 e. The molecule has 0 heterocycles. The average molecular weight is 238 g/mol. The van der Waals surface area contributed by atoms with Gasteiger partial charge in [0.1, 0.15) is 0 Å². The molecule has 0 aromatic carbocycles. The number of allylic oxidation sites excluding steroid dienone is 1. The van der Waals surface area contributed by atoms with Crippen LogP contribution in [-0.4, -0.2) is 21.9 Å². The molecule has 0 saturated heterocycles. The summed E-state index contributed by atoms with van der Waals surface area (Å²) in [5.41, 5.74) is 0.382. The second-order valence-electron chi connectivity index (χ2n) is 6.63. The Balaban J connectivity index is 2.28. The maximum absolute atomic E-state index is 10.5. The first-order valence-electron chi connectivity index (χ1n) is 6.92. The Morgan fingerprint density at radius 3 is 2.59 bits per heavy atom. The molecule has 0 amide bonds. The predicted octanol–water partition coefficient (Wildman–Crippen LogP) is 2.75. The Morgan fingerprint density at radius 2 is 2.00 bits per heavy atom. The van der Waals surface area contributed by atoms with E-state index >= 15 is 0 Å². The van der Waals surface area contributed by atoms with Gasteiger partial charge in [0.15, 0.2) is 0 Å². The van der Waals surface area contributed by atoms with Crippen molar-refractivity contribution in [1.82, 2.24) is 0 Å². The number of hydrogen-bond donors (Lipinski definition) is 2. The van der Waals surface area contributed by atoms with Gasteiger partial charge in [0.2, 0.25) is 0 Å². The molecule has 2 aliphatic carbocycles. The topological polar surface area (TPSA) is 40.5 Å². The van der Waals surface area contributed by atoms with Gasteiger partial charge in [-0.1, -0.05) is 26.0 Å². The summed E-state index contributed by atoms with van der Waals surface area (Å²) in [4.78, 5) is 0. The van der Waals surface area contributed by atoms with E-state index < -0.39 is 11.7 Å². The Morgan fingerprint density at radius 1 is 1.35 bits per heavy atom. The van der Waals surface area contributed by atoms with Crippen molar-refractivity contribution in [2.45, 2.75) is 58.2 Å². The molecule has 2 saturated carbocycles. The van der Waals surface area contributed by atoms with Gasteiger partial charge in [-0.15, -0.1) is 0 Å². The fourth-order valence-electron chi connectivity index (χ4n) is 3.94. The molecule has 2 heteroatoms. The van der Waals surface area contributed by atoms with Crippen LogP contribution in [0.25, 0.3) is 0 Å². The van der Waals surface area contributed by atoms with E-state index in [1.54, 1.807) is 6.92 Å². The minimum absolute atomic E-state index is 0.208. The summed E-state index contributed by atoms with van der Waals surface area (Å²) in [6, 6.07) is 0. The van der Waals surface area contributed by atoms with Gasteiger partial charge in [0.25, 0.3) is 0 Å². The van der Waals surface area contributed by atoms with Crippen molar-refractivity contribution in [2.24, 2.45) is 23.7 Å². The van der Waals surface area contributed by atoms with E-state index in [2.05, 4.69) is 20.4 Å². The number of hydrogen-bond acceptors (Lipinski definition) is 2. The lowest BCUT2D eigenvalue weighted by atomic mass is 9.57. The Hall–Kier alpha value is -0.340. The van der Waals surface area contributed by atoms with Crippen molar-refractivity contribution < 1.29 is 10.2 Å². The zero-order valence-electron chi connectivity index (χ0n) is 11.3. The monoisotopic (exact) mass is 238 g/mol. The van der Waals surface area contributed by atoms with E-state index in [0.717, 1.165) is 19.3 Å². The van der Waals surface area contributed by atoms with Crippen molar-refractivity contribution >= 4 is 0 Å². The largest absolute Gasteiger partial charge is 0.390 e.